The number of nitrogens with one attached hydrogen (secondary N) is 1. The van der Waals surface area contributed by atoms with Crippen LogP contribution >= 0.6 is 0 Å². The van der Waals surface area contributed by atoms with E-state index in [-0.39, 0.29) is 5.56 Å². The van der Waals surface area contributed by atoms with Crippen molar-refractivity contribution in [1.82, 2.24) is 9.62 Å². The van der Waals surface area contributed by atoms with E-state index in [0.29, 0.717) is 26.1 Å². The molecule has 28 heavy (non-hydrogen) atoms. The first-order chi connectivity index (χ1) is 13.4. The first-order valence-corrected chi connectivity index (χ1v) is 11.0. The summed E-state index contributed by atoms with van der Waals surface area (Å²) < 4.78 is 41.1. The second kappa shape index (κ2) is 8.84. The van der Waals surface area contributed by atoms with E-state index in [0.717, 1.165) is 42.5 Å². The zero-order chi connectivity index (χ0) is 20.1. The van der Waals surface area contributed by atoms with E-state index in [2.05, 4.69) is 5.32 Å². The Balaban J connectivity index is 1.71. The van der Waals surface area contributed by atoms with Crippen molar-refractivity contribution in [2.24, 2.45) is 0 Å². The van der Waals surface area contributed by atoms with Crippen LogP contribution in [0.25, 0.3) is 0 Å². The van der Waals surface area contributed by atoms with E-state index < -0.39 is 26.6 Å². The Morgan fingerprint density at radius 3 is 2.54 bits per heavy atom. The van der Waals surface area contributed by atoms with Crippen LogP contribution in [-0.4, -0.2) is 38.3 Å². The van der Waals surface area contributed by atoms with Gasteiger partial charge in [0.1, 0.15) is 10.7 Å². The Labute approximate surface area is 165 Å². The molecule has 0 saturated carbocycles. The molecule has 150 valence electrons. The summed E-state index contributed by atoms with van der Waals surface area (Å²) in [6.07, 6.45) is 3.16. The molecule has 0 aliphatic carbocycles. The number of aryl methyl sites for hydroxylation is 1. The number of hydrogen-bond donors (Lipinski definition) is 1. The van der Waals surface area contributed by atoms with Gasteiger partial charge in [0.15, 0.2) is 0 Å². The molecule has 1 heterocycles. The molecule has 5 nitrogen and oxygen atoms in total. The van der Waals surface area contributed by atoms with Crippen molar-refractivity contribution in [2.45, 2.75) is 37.5 Å². The second-order valence-corrected chi connectivity index (χ2v) is 8.95. The van der Waals surface area contributed by atoms with E-state index in [1.807, 2.05) is 31.2 Å². The highest BCUT2D eigenvalue weighted by atomic mass is 32.2. The van der Waals surface area contributed by atoms with Gasteiger partial charge >= 0.3 is 0 Å². The van der Waals surface area contributed by atoms with Crippen molar-refractivity contribution < 1.29 is 17.6 Å². The van der Waals surface area contributed by atoms with E-state index >= 15 is 0 Å². The minimum absolute atomic E-state index is 0.141. The minimum Gasteiger partial charge on any atom is -0.352 e. The Bertz CT molecular complexity index is 954. The summed E-state index contributed by atoms with van der Waals surface area (Å²) >= 11 is 0. The molecule has 0 atom stereocenters. The van der Waals surface area contributed by atoms with Gasteiger partial charge in [-0.15, -0.1) is 0 Å². The number of nitrogens with zero attached hydrogens (tertiary/aromatic N) is 1. The van der Waals surface area contributed by atoms with E-state index in [1.165, 1.54) is 10.4 Å². The normalized spacial score (nSPS) is 15.4. The van der Waals surface area contributed by atoms with Gasteiger partial charge in [0, 0.05) is 25.2 Å². The zero-order valence-electron chi connectivity index (χ0n) is 15.9. The van der Waals surface area contributed by atoms with E-state index in [4.69, 9.17) is 0 Å². The molecule has 7 heteroatoms. The van der Waals surface area contributed by atoms with Gasteiger partial charge in [0.2, 0.25) is 10.0 Å². The molecule has 1 aliphatic heterocycles. The van der Waals surface area contributed by atoms with Gasteiger partial charge in [-0.2, -0.15) is 4.31 Å². The predicted octanol–water partition coefficient (Wildman–Crippen LogP) is 3.28. The van der Waals surface area contributed by atoms with E-state index in [9.17, 15) is 17.6 Å². The summed E-state index contributed by atoms with van der Waals surface area (Å²) in [5.41, 5.74) is 2.42. The third-order valence-corrected chi connectivity index (χ3v) is 6.98. The highest BCUT2D eigenvalue weighted by molar-refractivity contribution is 7.89. The van der Waals surface area contributed by atoms with Crippen LogP contribution in [0.5, 0.6) is 0 Å². The number of sulfonamides is 1. The number of carbonyl (C=O) groups excluding carboxylic acids is 1. The lowest BCUT2D eigenvalue weighted by Crippen LogP contribution is -2.36. The van der Waals surface area contributed by atoms with Crippen molar-refractivity contribution in [3.8, 4) is 0 Å². The first kappa shape index (κ1) is 20.5. The third kappa shape index (κ3) is 4.59. The van der Waals surface area contributed by atoms with Crippen LogP contribution in [0.2, 0.25) is 0 Å². The number of benzene rings is 2. The summed E-state index contributed by atoms with van der Waals surface area (Å²) in [5.74, 6) is -1.24. The fourth-order valence-electron chi connectivity index (χ4n) is 3.39. The molecule has 0 bridgehead atoms. The molecule has 0 unspecified atom stereocenters. The van der Waals surface area contributed by atoms with Crippen molar-refractivity contribution >= 4 is 15.9 Å². The fourth-order valence-corrected chi connectivity index (χ4v) is 5.00. The second-order valence-electron chi connectivity index (χ2n) is 7.04. The van der Waals surface area contributed by atoms with Gasteiger partial charge < -0.3 is 5.32 Å². The Hall–Kier alpha value is -2.25. The highest BCUT2D eigenvalue weighted by Crippen LogP contribution is 2.24. The van der Waals surface area contributed by atoms with Gasteiger partial charge in [0.05, 0.1) is 0 Å². The molecule has 0 aromatic heterocycles. The minimum atomic E-state index is -3.94. The summed E-state index contributed by atoms with van der Waals surface area (Å²) in [6.45, 7) is 3.19. The zero-order valence-corrected chi connectivity index (χ0v) is 16.8. The standard InChI is InChI=1S/C21H25FN2O3S/c1-16-7-3-4-8-17(16)11-12-23-21(25)18-9-10-19(22)20(15-18)28(26,27)24-13-5-2-6-14-24/h3-4,7-10,15H,2,5-6,11-14H2,1H3,(H,23,25). The maximum absolute atomic E-state index is 14.3. The van der Waals surface area contributed by atoms with Gasteiger partial charge in [0.25, 0.3) is 5.91 Å². The van der Waals surface area contributed by atoms with Crippen LogP contribution < -0.4 is 5.32 Å². The lowest BCUT2D eigenvalue weighted by molar-refractivity contribution is 0.0954. The molecular formula is C21H25FN2O3S. The smallest absolute Gasteiger partial charge is 0.251 e. The highest BCUT2D eigenvalue weighted by Gasteiger charge is 2.29. The molecule has 2 aromatic rings. The van der Waals surface area contributed by atoms with Crippen molar-refractivity contribution in [2.75, 3.05) is 19.6 Å². The average Bonchev–Trinajstić information content (AvgIpc) is 2.70. The quantitative estimate of drug-likeness (QED) is 0.804. The van der Waals surface area contributed by atoms with Gasteiger partial charge in [-0.25, -0.2) is 12.8 Å². The van der Waals surface area contributed by atoms with Crippen LogP contribution in [0.4, 0.5) is 4.39 Å². The number of piperidine rings is 1. The number of halogens is 1. The van der Waals surface area contributed by atoms with Gasteiger partial charge in [-0.3, -0.25) is 4.79 Å². The number of hydrogen-bond acceptors (Lipinski definition) is 3. The number of rotatable bonds is 6. The van der Waals surface area contributed by atoms with Crippen LogP contribution in [-0.2, 0) is 16.4 Å². The topological polar surface area (TPSA) is 66.5 Å². The van der Waals surface area contributed by atoms with Crippen molar-refractivity contribution in [1.29, 1.82) is 0 Å². The van der Waals surface area contributed by atoms with E-state index in [1.54, 1.807) is 0 Å². The summed E-state index contributed by atoms with van der Waals surface area (Å²) in [7, 11) is -3.94. The number of carbonyl (C=O) groups is 1. The Kier molecular flexibility index (Phi) is 6.46. The van der Waals surface area contributed by atoms with Crippen LogP contribution in [0.1, 0.15) is 40.7 Å². The molecule has 1 saturated heterocycles. The molecule has 2 aromatic carbocycles. The molecule has 1 amide bonds. The maximum Gasteiger partial charge on any atom is 0.251 e. The van der Waals surface area contributed by atoms with Crippen LogP contribution in [0, 0.1) is 12.7 Å². The Morgan fingerprint density at radius 2 is 1.82 bits per heavy atom. The summed E-state index contributed by atoms with van der Waals surface area (Å²) in [4.78, 5) is 12.0. The van der Waals surface area contributed by atoms with Crippen molar-refractivity contribution in [3.63, 3.8) is 0 Å². The molecule has 0 radical (unpaired) electrons. The molecule has 1 fully saturated rings. The molecule has 0 spiro atoms. The summed E-state index contributed by atoms with van der Waals surface area (Å²) in [5, 5.41) is 2.78. The van der Waals surface area contributed by atoms with Gasteiger partial charge in [-0.05, 0) is 55.5 Å². The lowest BCUT2D eigenvalue weighted by atomic mass is 10.1. The molecular weight excluding hydrogens is 379 g/mol. The monoisotopic (exact) mass is 404 g/mol. The Morgan fingerprint density at radius 1 is 1.11 bits per heavy atom. The fraction of sp³-hybridized carbons (Fsp3) is 0.381. The van der Waals surface area contributed by atoms with Crippen LogP contribution in [0.3, 0.4) is 0 Å². The SMILES string of the molecule is Cc1ccccc1CCNC(=O)c1ccc(F)c(S(=O)(=O)N2CCCCC2)c1. The molecule has 1 N–H and O–H groups in total. The summed E-state index contributed by atoms with van der Waals surface area (Å²) in [6, 6.07) is 11.4. The molecule has 1 aliphatic rings. The lowest BCUT2D eigenvalue weighted by Gasteiger charge is -2.26. The maximum atomic E-state index is 14.3. The third-order valence-electron chi connectivity index (χ3n) is 5.07. The van der Waals surface area contributed by atoms with Crippen LogP contribution in [0.15, 0.2) is 47.4 Å². The molecule has 3 rings (SSSR count). The predicted molar refractivity (Wildman–Crippen MR) is 106 cm³/mol. The van der Waals surface area contributed by atoms with Gasteiger partial charge in [-0.1, -0.05) is 30.7 Å². The largest absolute Gasteiger partial charge is 0.352 e. The average molecular weight is 405 g/mol. The number of amides is 1. The first-order valence-electron chi connectivity index (χ1n) is 9.52. The van der Waals surface area contributed by atoms with Crippen molar-refractivity contribution in [3.05, 3.63) is 65.0 Å².